The minimum absolute atomic E-state index is 0.0197. The predicted molar refractivity (Wildman–Crippen MR) is 131 cm³/mol. The zero-order valence-corrected chi connectivity index (χ0v) is 19.8. The summed E-state index contributed by atoms with van der Waals surface area (Å²) in [4.78, 5) is 27.9. The van der Waals surface area contributed by atoms with Crippen molar-refractivity contribution in [2.45, 2.75) is 32.0 Å². The first-order valence-corrected chi connectivity index (χ1v) is 11.7. The molecule has 0 unspecified atom stereocenters. The monoisotopic (exact) mass is 493 g/mol. The van der Waals surface area contributed by atoms with Crippen LogP contribution < -0.4 is 4.74 Å². The number of amides is 1. The molecule has 2 aliphatic rings. The molecule has 0 radical (unpaired) electrons. The lowest BCUT2D eigenvalue weighted by Crippen LogP contribution is -2.29. The molecule has 0 aromatic heterocycles. The van der Waals surface area contributed by atoms with Gasteiger partial charge in [-0.3, -0.25) is 9.59 Å². The van der Waals surface area contributed by atoms with E-state index in [9.17, 15) is 14.7 Å². The van der Waals surface area contributed by atoms with Gasteiger partial charge in [0.25, 0.3) is 11.7 Å². The maximum Gasteiger partial charge on any atom is 0.295 e. The molecule has 1 fully saturated rings. The van der Waals surface area contributed by atoms with Crippen LogP contribution in [-0.4, -0.2) is 27.8 Å². The quantitative estimate of drug-likeness (QED) is 0.277. The number of ketones is 1. The van der Waals surface area contributed by atoms with E-state index >= 15 is 0 Å². The molecule has 0 aliphatic carbocycles. The van der Waals surface area contributed by atoms with Crippen molar-refractivity contribution >= 4 is 40.7 Å². The van der Waals surface area contributed by atoms with Crippen LogP contribution in [0.3, 0.4) is 0 Å². The lowest BCUT2D eigenvalue weighted by Gasteiger charge is -2.25. The summed E-state index contributed by atoms with van der Waals surface area (Å²) in [5.41, 5.74) is 2.87. The number of fused-ring (bicyclic) bond motifs is 1. The van der Waals surface area contributed by atoms with E-state index in [1.54, 1.807) is 30.3 Å². The second kappa shape index (κ2) is 8.82. The first-order valence-electron chi connectivity index (χ1n) is 10.9. The minimum Gasteiger partial charge on any atom is -0.507 e. The van der Waals surface area contributed by atoms with Crippen molar-refractivity contribution < 1.29 is 19.4 Å². The summed E-state index contributed by atoms with van der Waals surface area (Å²) >= 11 is 12.4. The van der Waals surface area contributed by atoms with Crippen LogP contribution in [-0.2, 0) is 22.6 Å². The Hall–Kier alpha value is -3.28. The molecule has 1 amide bonds. The summed E-state index contributed by atoms with van der Waals surface area (Å²) in [5.74, 6) is -0.892. The Morgan fingerprint density at radius 3 is 2.53 bits per heavy atom. The van der Waals surface area contributed by atoms with E-state index < -0.39 is 17.7 Å². The molecular formula is C27H21Cl2NO4. The predicted octanol–water partition coefficient (Wildman–Crippen LogP) is 5.94. The molecule has 2 atom stereocenters. The lowest BCUT2D eigenvalue weighted by atomic mass is 9.94. The number of hydrogen-bond acceptors (Lipinski definition) is 4. The van der Waals surface area contributed by atoms with Crippen molar-refractivity contribution in [3.05, 3.63) is 105 Å². The summed E-state index contributed by atoms with van der Waals surface area (Å²) < 4.78 is 5.75. The van der Waals surface area contributed by atoms with Crippen LogP contribution in [0.1, 0.15) is 35.2 Å². The second-order valence-corrected chi connectivity index (χ2v) is 9.36. The number of benzene rings is 3. The SMILES string of the molecule is C[C@H]1Cc2cc(C(O)=C3C(=O)C(=O)N(Cc4ccccc4)[C@@H]3c3ccc(Cl)c(Cl)c3)ccc2O1. The number of aliphatic hydroxyl groups is 1. The van der Waals surface area contributed by atoms with Gasteiger partial charge in [0.05, 0.1) is 21.7 Å². The lowest BCUT2D eigenvalue weighted by molar-refractivity contribution is -0.140. The third-order valence-electron chi connectivity index (χ3n) is 6.16. The van der Waals surface area contributed by atoms with Gasteiger partial charge in [-0.2, -0.15) is 0 Å². The Morgan fingerprint density at radius 1 is 1.03 bits per heavy atom. The number of rotatable bonds is 4. The summed E-state index contributed by atoms with van der Waals surface area (Å²) in [7, 11) is 0. The normalized spacial score (nSPS) is 21.0. The Kier molecular flexibility index (Phi) is 5.84. The van der Waals surface area contributed by atoms with Gasteiger partial charge in [-0.1, -0.05) is 59.6 Å². The van der Waals surface area contributed by atoms with Gasteiger partial charge in [-0.05, 0) is 53.9 Å². The molecule has 2 aliphatic heterocycles. The largest absolute Gasteiger partial charge is 0.507 e. The molecule has 34 heavy (non-hydrogen) atoms. The topological polar surface area (TPSA) is 66.8 Å². The third kappa shape index (κ3) is 3.95. The molecule has 0 saturated carbocycles. The number of aliphatic hydroxyl groups excluding tert-OH is 1. The fourth-order valence-electron chi connectivity index (χ4n) is 4.58. The van der Waals surface area contributed by atoms with E-state index in [0.717, 1.165) is 16.9 Å². The van der Waals surface area contributed by atoms with E-state index in [-0.39, 0.29) is 24.0 Å². The van der Waals surface area contributed by atoms with E-state index in [1.807, 2.05) is 43.3 Å². The number of Topliss-reactive ketones (excluding diaryl/α,β-unsaturated/α-hetero) is 1. The molecule has 5 rings (SSSR count). The first kappa shape index (κ1) is 22.5. The van der Waals surface area contributed by atoms with E-state index in [4.69, 9.17) is 27.9 Å². The Balaban J connectivity index is 1.65. The zero-order valence-electron chi connectivity index (χ0n) is 18.3. The molecule has 1 saturated heterocycles. The minimum atomic E-state index is -0.821. The van der Waals surface area contributed by atoms with Gasteiger partial charge in [0, 0.05) is 18.5 Å². The van der Waals surface area contributed by atoms with Gasteiger partial charge in [0.1, 0.15) is 17.6 Å². The van der Waals surface area contributed by atoms with Gasteiger partial charge >= 0.3 is 0 Å². The fraction of sp³-hybridized carbons (Fsp3) is 0.185. The van der Waals surface area contributed by atoms with Crippen LogP contribution in [0.15, 0.2) is 72.3 Å². The highest BCUT2D eigenvalue weighted by atomic mass is 35.5. The molecule has 5 nitrogen and oxygen atoms in total. The number of hydrogen-bond donors (Lipinski definition) is 1. The van der Waals surface area contributed by atoms with Crippen LogP contribution in [0.4, 0.5) is 0 Å². The first-order chi connectivity index (χ1) is 16.3. The molecule has 0 spiro atoms. The number of halogens is 2. The number of nitrogens with zero attached hydrogens (tertiary/aromatic N) is 1. The van der Waals surface area contributed by atoms with Crippen LogP contribution >= 0.6 is 23.2 Å². The number of likely N-dealkylation sites (tertiary alicyclic amines) is 1. The summed E-state index contributed by atoms with van der Waals surface area (Å²) in [6.45, 7) is 2.17. The molecule has 3 aromatic carbocycles. The van der Waals surface area contributed by atoms with E-state index in [1.165, 1.54) is 4.90 Å². The highest BCUT2D eigenvalue weighted by molar-refractivity contribution is 6.46. The average molecular weight is 494 g/mol. The smallest absolute Gasteiger partial charge is 0.295 e. The van der Waals surface area contributed by atoms with Gasteiger partial charge in [-0.25, -0.2) is 0 Å². The maximum atomic E-state index is 13.2. The van der Waals surface area contributed by atoms with Crippen LogP contribution in [0.25, 0.3) is 5.76 Å². The summed E-state index contributed by atoms with van der Waals surface area (Å²) in [6, 6.07) is 18.8. The number of carbonyl (C=O) groups excluding carboxylic acids is 2. The maximum absolute atomic E-state index is 13.2. The molecule has 172 valence electrons. The van der Waals surface area contributed by atoms with E-state index in [2.05, 4.69) is 0 Å². The van der Waals surface area contributed by atoms with Crippen LogP contribution in [0.5, 0.6) is 5.75 Å². The van der Waals surface area contributed by atoms with Crippen molar-refractivity contribution in [2.24, 2.45) is 0 Å². The van der Waals surface area contributed by atoms with Crippen molar-refractivity contribution in [3.8, 4) is 5.75 Å². The molecule has 3 aromatic rings. The van der Waals surface area contributed by atoms with Crippen molar-refractivity contribution in [1.29, 1.82) is 0 Å². The fourth-order valence-corrected chi connectivity index (χ4v) is 4.88. The summed E-state index contributed by atoms with van der Waals surface area (Å²) in [6.07, 6.45) is 0.745. The van der Waals surface area contributed by atoms with Gasteiger partial charge < -0.3 is 14.7 Å². The van der Waals surface area contributed by atoms with Gasteiger partial charge in [0.2, 0.25) is 0 Å². The average Bonchev–Trinajstić information content (AvgIpc) is 3.32. The number of ether oxygens (including phenoxy) is 1. The zero-order chi connectivity index (χ0) is 24.0. The van der Waals surface area contributed by atoms with Crippen molar-refractivity contribution in [2.75, 3.05) is 0 Å². The third-order valence-corrected chi connectivity index (χ3v) is 6.90. The van der Waals surface area contributed by atoms with Crippen LogP contribution in [0, 0.1) is 0 Å². The number of carbonyl (C=O) groups is 2. The highest BCUT2D eigenvalue weighted by Gasteiger charge is 2.46. The van der Waals surface area contributed by atoms with Crippen molar-refractivity contribution in [3.63, 3.8) is 0 Å². The molecule has 7 heteroatoms. The van der Waals surface area contributed by atoms with Gasteiger partial charge in [-0.15, -0.1) is 0 Å². The van der Waals surface area contributed by atoms with Crippen LogP contribution in [0.2, 0.25) is 10.0 Å². The Morgan fingerprint density at radius 2 is 1.79 bits per heavy atom. The Labute approximate surface area is 207 Å². The highest BCUT2D eigenvalue weighted by Crippen LogP contribution is 2.42. The molecular weight excluding hydrogens is 473 g/mol. The second-order valence-electron chi connectivity index (χ2n) is 8.54. The summed E-state index contributed by atoms with van der Waals surface area (Å²) in [5, 5.41) is 12.0. The standard InChI is InChI=1S/C27H21Cl2NO4/c1-15-11-19-12-18(8-10-22(19)34-15)25(31)23-24(17-7-9-20(28)21(29)13-17)30(27(33)26(23)32)14-16-5-3-2-4-6-16/h2-10,12-13,15,24,31H,11,14H2,1H3/t15-,24+/m0/s1. The van der Waals surface area contributed by atoms with E-state index in [0.29, 0.717) is 27.6 Å². The molecule has 2 heterocycles. The molecule has 1 N–H and O–H groups in total. The Bertz CT molecular complexity index is 1340. The molecule has 0 bridgehead atoms. The van der Waals surface area contributed by atoms with Crippen molar-refractivity contribution in [1.82, 2.24) is 4.90 Å². The van der Waals surface area contributed by atoms with Gasteiger partial charge in [0.15, 0.2) is 0 Å².